The summed E-state index contributed by atoms with van der Waals surface area (Å²) in [5, 5.41) is 0. The van der Waals surface area contributed by atoms with E-state index in [1.54, 1.807) is 0 Å². The molecule has 0 radical (unpaired) electrons. The normalized spacial score (nSPS) is 51.5. The van der Waals surface area contributed by atoms with Crippen LogP contribution in [-0.4, -0.2) is 19.0 Å². The standard InChI is InChI=1S/C24H38O2/c1-21(2)15-25-24(26-16-21)14-11-20-18-9-8-17-7-5-6-12-22(17,3)19(18)10-13-23(20,24)4/h5,7,17-20H,6,8-16H2,1-4H3. The molecule has 4 aliphatic carbocycles. The second-order valence-electron chi connectivity index (χ2n) is 11.5. The molecule has 0 bridgehead atoms. The van der Waals surface area contributed by atoms with Gasteiger partial charge in [0.1, 0.15) is 0 Å². The van der Waals surface area contributed by atoms with Gasteiger partial charge in [-0.05, 0) is 74.0 Å². The highest BCUT2D eigenvalue weighted by molar-refractivity contribution is 5.15. The topological polar surface area (TPSA) is 18.5 Å². The number of ether oxygens (including phenoxy) is 2. The lowest BCUT2D eigenvalue weighted by Gasteiger charge is -2.61. The molecular weight excluding hydrogens is 320 g/mol. The van der Waals surface area contributed by atoms with Crippen LogP contribution < -0.4 is 0 Å². The van der Waals surface area contributed by atoms with Crippen molar-refractivity contribution in [1.82, 2.24) is 0 Å². The maximum absolute atomic E-state index is 6.59. The Morgan fingerprint density at radius 1 is 0.808 bits per heavy atom. The quantitative estimate of drug-likeness (QED) is 0.497. The molecule has 3 saturated carbocycles. The highest BCUT2D eigenvalue weighted by Crippen LogP contribution is 2.69. The van der Waals surface area contributed by atoms with Gasteiger partial charge in [0.25, 0.3) is 0 Å². The minimum absolute atomic E-state index is 0.164. The van der Waals surface area contributed by atoms with Gasteiger partial charge >= 0.3 is 0 Å². The van der Waals surface area contributed by atoms with Crippen molar-refractivity contribution in [2.24, 2.45) is 39.9 Å². The van der Waals surface area contributed by atoms with Crippen LogP contribution in [0, 0.1) is 39.9 Å². The summed E-state index contributed by atoms with van der Waals surface area (Å²) >= 11 is 0. The van der Waals surface area contributed by atoms with E-state index in [0.29, 0.717) is 5.41 Å². The van der Waals surface area contributed by atoms with Crippen LogP contribution in [0.4, 0.5) is 0 Å². The molecule has 2 heteroatoms. The molecule has 5 rings (SSSR count). The predicted molar refractivity (Wildman–Crippen MR) is 105 cm³/mol. The average Bonchev–Trinajstić information content (AvgIpc) is 2.90. The Kier molecular flexibility index (Phi) is 3.82. The van der Waals surface area contributed by atoms with Gasteiger partial charge in [-0.3, -0.25) is 0 Å². The third kappa shape index (κ3) is 2.24. The van der Waals surface area contributed by atoms with Crippen molar-refractivity contribution in [2.75, 3.05) is 13.2 Å². The first kappa shape index (κ1) is 17.7. The van der Waals surface area contributed by atoms with E-state index in [-0.39, 0.29) is 16.6 Å². The number of allylic oxidation sites excluding steroid dienone is 2. The zero-order valence-corrected chi connectivity index (χ0v) is 17.4. The van der Waals surface area contributed by atoms with Gasteiger partial charge in [0.15, 0.2) is 5.79 Å². The zero-order chi connectivity index (χ0) is 18.2. The van der Waals surface area contributed by atoms with Gasteiger partial charge < -0.3 is 9.47 Å². The first-order valence-electron chi connectivity index (χ1n) is 11.2. The fourth-order valence-corrected chi connectivity index (χ4v) is 7.97. The zero-order valence-electron chi connectivity index (χ0n) is 17.4. The van der Waals surface area contributed by atoms with E-state index in [1.807, 2.05) is 0 Å². The van der Waals surface area contributed by atoms with Crippen molar-refractivity contribution in [3.63, 3.8) is 0 Å². The van der Waals surface area contributed by atoms with Crippen LogP contribution >= 0.6 is 0 Å². The van der Waals surface area contributed by atoms with Crippen molar-refractivity contribution in [1.29, 1.82) is 0 Å². The fourth-order valence-electron chi connectivity index (χ4n) is 7.97. The summed E-state index contributed by atoms with van der Waals surface area (Å²) in [4.78, 5) is 0. The molecule has 1 heterocycles. The summed E-state index contributed by atoms with van der Waals surface area (Å²) in [5.41, 5.74) is 0.931. The Balaban J connectivity index is 1.43. The second-order valence-corrected chi connectivity index (χ2v) is 11.5. The summed E-state index contributed by atoms with van der Waals surface area (Å²) in [5.74, 6) is 3.15. The summed E-state index contributed by atoms with van der Waals surface area (Å²) in [7, 11) is 0. The van der Waals surface area contributed by atoms with Crippen LogP contribution in [0.15, 0.2) is 12.2 Å². The van der Waals surface area contributed by atoms with Crippen LogP contribution in [0.3, 0.4) is 0 Å². The Labute approximate surface area is 160 Å². The van der Waals surface area contributed by atoms with E-state index >= 15 is 0 Å². The highest BCUT2D eigenvalue weighted by Gasteiger charge is 2.67. The van der Waals surface area contributed by atoms with Crippen LogP contribution in [0.2, 0.25) is 0 Å². The largest absolute Gasteiger partial charge is 0.349 e. The number of fused-ring (bicyclic) bond motifs is 6. The van der Waals surface area contributed by atoms with Gasteiger partial charge in [-0.25, -0.2) is 0 Å². The molecule has 5 aliphatic rings. The minimum Gasteiger partial charge on any atom is -0.349 e. The molecule has 1 spiro atoms. The van der Waals surface area contributed by atoms with Gasteiger partial charge in [0, 0.05) is 17.3 Å². The van der Waals surface area contributed by atoms with Crippen molar-refractivity contribution < 1.29 is 9.47 Å². The third-order valence-electron chi connectivity index (χ3n) is 9.60. The summed E-state index contributed by atoms with van der Waals surface area (Å²) in [6, 6.07) is 0. The third-order valence-corrected chi connectivity index (χ3v) is 9.60. The maximum Gasteiger partial charge on any atom is 0.173 e. The van der Waals surface area contributed by atoms with E-state index in [1.165, 1.54) is 44.9 Å². The van der Waals surface area contributed by atoms with E-state index in [0.717, 1.165) is 43.3 Å². The Hall–Kier alpha value is -0.340. The summed E-state index contributed by atoms with van der Waals surface area (Å²) < 4.78 is 13.2. The number of hydrogen-bond donors (Lipinski definition) is 0. The van der Waals surface area contributed by atoms with Gasteiger partial charge in [0.05, 0.1) is 13.2 Å². The molecule has 0 aromatic heterocycles. The highest BCUT2D eigenvalue weighted by atomic mass is 16.7. The first-order valence-corrected chi connectivity index (χ1v) is 11.2. The molecule has 0 N–H and O–H groups in total. The van der Waals surface area contributed by atoms with Gasteiger partial charge in [-0.2, -0.15) is 0 Å². The van der Waals surface area contributed by atoms with Gasteiger partial charge in [-0.15, -0.1) is 0 Å². The van der Waals surface area contributed by atoms with Crippen LogP contribution in [-0.2, 0) is 9.47 Å². The first-order chi connectivity index (χ1) is 12.3. The Morgan fingerprint density at radius 2 is 1.54 bits per heavy atom. The molecule has 146 valence electrons. The predicted octanol–water partition coefficient (Wildman–Crippen LogP) is 5.96. The smallest absolute Gasteiger partial charge is 0.173 e. The lowest BCUT2D eigenvalue weighted by atomic mass is 9.46. The van der Waals surface area contributed by atoms with Crippen LogP contribution in [0.5, 0.6) is 0 Å². The SMILES string of the molecule is CC1(C)COC2(CCC3C4CCC5C=CCCC5(C)C4CCC32C)OC1. The molecule has 26 heavy (non-hydrogen) atoms. The number of hydrogen-bond acceptors (Lipinski definition) is 2. The number of rotatable bonds is 0. The molecule has 0 aromatic carbocycles. The van der Waals surface area contributed by atoms with E-state index < -0.39 is 0 Å². The molecule has 4 fully saturated rings. The maximum atomic E-state index is 6.59. The summed E-state index contributed by atoms with van der Waals surface area (Å²) in [6.07, 6.45) is 15.7. The molecule has 0 amide bonds. The lowest BCUT2D eigenvalue weighted by Crippen LogP contribution is -2.60. The van der Waals surface area contributed by atoms with Crippen molar-refractivity contribution >= 4 is 0 Å². The van der Waals surface area contributed by atoms with Crippen molar-refractivity contribution in [3.8, 4) is 0 Å². The molecule has 1 aliphatic heterocycles. The molecular formula is C24H38O2. The minimum atomic E-state index is -0.289. The van der Waals surface area contributed by atoms with E-state index in [9.17, 15) is 0 Å². The second kappa shape index (κ2) is 5.60. The molecule has 0 aromatic rings. The van der Waals surface area contributed by atoms with Gasteiger partial charge in [0.2, 0.25) is 0 Å². The fraction of sp³-hybridized carbons (Fsp3) is 0.917. The molecule has 6 atom stereocenters. The van der Waals surface area contributed by atoms with Gasteiger partial charge in [-0.1, -0.05) is 39.8 Å². The van der Waals surface area contributed by atoms with E-state index in [4.69, 9.17) is 9.47 Å². The monoisotopic (exact) mass is 358 g/mol. The Morgan fingerprint density at radius 3 is 2.31 bits per heavy atom. The van der Waals surface area contributed by atoms with Crippen molar-refractivity contribution in [2.45, 2.75) is 84.8 Å². The Bertz CT molecular complexity index is 597. The average molecular weight is 359 g/mol. The molecule has 1 saturated heterocycles. The lowest BCUT2D eigenvalue weighted by molar-refractivity contribution is -0.347. The van der Waals surface area contributed by atoms with Crippen molar-refractivity contribution in [3.05, 3.63) is 12.2 Å². The summed E-state index contributed by atoms with van der Waals surface area (Å²) in [6.45, 7) is 11.4. The molecule has 6 unspecified atom stereocenters. The van der Waals surface area contributed by atoms with Crippen LogP contribution in [0.25, 0.3) is 0 Å². The van der Waals surface area contributed by atoms with E-state index in [2.05, 4.69) is 39.8 Å². The van der Waals surface area contributed by atoms with Crippen LogP contribution in [0.1, 0.15) is 79.1 Å². The molecule has 2 nitrogen and oxygen atoms in total.